The maximum Gasteiger partial charge on any atom is 0.247 e. The SMILES string of the molecule is Cc1nc(N)c2c(n1)OC(N)C(c1ccc(C3CCCCC3)c(O)c1)=N2. The zero-order valence-electron chi connectivity index (χ0n) is 14.8. The van der Waals surface area contributed by atoms with Gasteiger partial charge in [0, 0.05) is 5.56 Å². The lowest BCUT2D eigenvalue weighted by molar-refractivity contribution is 0.260. The number of aryl methyl sites for hydroxylation is 1. The van der Waals surface area contributed by atoms with E-state index in [-0.39, 0.29) is 17.4 Å². The summed E-state index contributed by atoms with van der Waals surface area (Å²) in [6, 6.07) is 5.62. The van der Waals surface area contributed by atoms with E-state index in [9.17, 15) is 5.11 Å². The zero-order valence-corrected chi connectivity index (χ0v) is 14.8. The Hall–Kier alpha value is -2.67. The van der Waals surface area contributed by atoms with Crippen LogP contribution in [0, 0.1) is 6.92 Å². The fourth-order valence-corrected chi connectivity index (χ4v) is 3.80. The number of nitrogens with zero attached hydrogens (tertiary/aromatic N) is 3. The van der Waals surface area contributed by atoms with E-state index in [0.29, 0.717) is 28.7 Å². The van der Waals surface area contributed by atoms with Gasteiger partial charge in [-0.3, -0.25) is 5.73 Å². The highest BCUT2D eigenvalue weighted by molar-refractivity contribution is 6.07. The number of hydrogen-bond acceptors (Lipinski definition) is 7. The Morgan fingerprint density at radius 1 is 1.15 bits per heavy atom. The molecule has 0 saturated heterocycles. The lowest BCUT2D eigenvalue weighted by Crippen LogP contribution is -2.39. The number of aliphatic imine (C=N–C) groups is 1. The van der Waals surface area contributed by atoms with Gasteiger partial charge in [0.2, 0.25) is 5.88 Å². The van der Waals surface area contributed by atoms with Gasteiger partial charge in [0.25, 0.3) is 0 Å². The average molecular weight is 353 g/mol. The molecule has 5 N–H and O–H groups in total. The molecule has 1 atom stereocenters. The van der Waals surface area contributed by atoms with E-state index in [1.807, 2.05) is 12.1 Å². The number of rotatable bonds is 2. The zero-order chi connectivity index (χ0) is 18.3. The first-order valence-corrected chi connectivity index (χ1v) is 9.01. The Labute approximate surface area is 152 Å². The first-order chi connectivity index (χ1) is 12.5. The molecule has 1 unspecified atom stereocenters. The number of hydrogen-bond donors (Lipinski definition) is 3. The predicted octanol–water partition coefficient (Wildman–Crippen LogP) is 2.92. The summed E-state index contributed by atoms with van der Waals surface area (Å²) in [5.41, 5.74) is 14.7. The minimum Gasteiger partial charge on any atom is -0.508 e. The quantitative estimate of drug-likeness (QED) is 0.763. The monoisotopic (exact) mass is 353 g/mol. The van der Waals surface area contributed by atoms with Gasteiger partial charge in [-0.2, -0.15) is 4.98 Å². The number of phenolic OH excluding ortho intramolecular Hbond substituents is 1. The minimum absolute atomic E-state index is 0.250. The molecule has 2 heterocycles. The van der Waals surface area contributed by atoms with Crippen LogP contribution in [-0.4, -0.2) is 27.0 Å². The number of anilines is 1. The fraction of sp³-hybridized carbons (Fsp3) is 0.421. The second kappa shape index (κ2) is 6.57. The van der Waals surface area contributed by atoms with E-state index in [1.165, 1.54) is 19.3 Å². The molecule has 1 aliphatic carbocycles. The van der Waals surface area contributed by atoms with Crippen LogP contribution in [0.2, 0.25) is 0 Å². The van der Waals surface area contributed by atoms with Gasteiger partial charge in [0.1, 0.15) is 17.3 Å². The molecule has 1 aliphatic heterocycles. The van der Waals surface area contributed by atoms with Gasteiger partial charge in [-0.15, -0.1) is 0 Å². The van der Waals surface area contributed by atoms with E-state index >= 15 is 0 Å². The molecule has 7 heteroatoms. The molecular formula is C19H23N5O2. The van der Waals surface area contributed by atoms with Gasteiger partial charge in [0.05, 0.1) is 0 Å². The van der Waals surface area contributed by atoms with Crippen LogP contribution in [0.1, 0.15) is 55.0 Å². The van der Waals surface area contributed by atoms with Crippen LogP contribution in [0.15, 0.2) is 23.2 Å². The molecule has 0 radical (unpaired) electrons. The summed E-state index contributed by atoms with van der Waals surface area (Å²) in [6.07, 6.45) is 5.17. The minimum atomic E-state index is -0.781. The predicted molar refractivity (Wildman–Crippen MR) is 99.9 cm³/mol. The molecule has 2 aromatic rings. The van der Waals surface area contributed by atoms with Crippen molar-refractivity contribution in [1.29, 1.82) is 0 Å². The van der Waals surface area contributed by atoms with Crippen LogP contribution in [0.25, 0.3) is 0 Å². The Morgan fingerprint density at radius 2 is 1.92 bits per heavy atom. The molecule has 136 valence electrons. The number of aromatic nitrogens is 2. The molecule has 1 aromatic carbocycles. The van der Waals surface area contributed by atoms with Crippen LogP contribution in [0.5, 0.6) is 11.6 Å². The number of ether oxygens (including phenoxy) is 1. The van der Waals surface area contributed by atoms with Crippen molar-refractivity contribution in [2.75, 3.05) is 5.73 Å². The molecule has 0 spiro atoms. The van der Waals surface area contributed by atoms with Crippen molar-refractivity contribution in [3.8, 4) is 11.6 Å². The van der Waals surface area contributed by atoms with Gasteiger partial charge in [0.15, 0.2) is 17.7 Å². The summed E-state index contributed by atoms with van der Waals surface area (Å²) in [6.45, 7) is 1.73. The van der Waals surface area contributed by atoms with Gasteiger partial charge in [-0.05, 0) is 37.3 Å². The molecule has 0 bridgehead atoms. The maximum absolute atomic E-state index is 10.6. The molecule has 1 aromatic heterocycles. The maximum atomic E-state index is 10.6. The Bertz CT molecular complexity index is 874. The summed E-state index contributed by atoms with van der Waals surface area (Å²) in [7, 11) is 0. The highest BCUT2D eigenvalue weighted by Gasteiger charge is 2.27. The van der Waals surface area contributed by atoms with Crippen molar-refractivity contribution in [2.24, 2.45) is 10.7 Å². The van der Waals surface area contributed by atoms with Crippen LogP contribution >= 0.6 is 0 Å². The smallest absolute Gasteiger partial charge is 0.247 e. The van der Waals surface area contributed by atoms with Crippen LogP contribution in [0.3, 0.4) is 0 Å². The van der Waals surface area contributed by atoms with Crippen molar-refractivity contribution in [1.82, 2.24) is 9.97 Å². The third-order valence-corrected chi connectivity index (χ3v) is 5.10. The molecule has 4 rings (SSSR count). The van der Waals surface area contributed by atoms with Crippen molar-refractivity contribution in [2.45, 2.75) is 51.2 Å². The Kier molecular flexibility index (Phi) is 4.24. The number of nitrogen functional groups attached to an aromatic ring is 1. The second-order valence-electron chi connectivity index (χ2n) is 6.95. The van der Waals surface area contributed by atoms with E-state index < -0.39 is 6.23 Å². The Morgan fingerprint density at radius 3 is 2.65 bits per heavy atom. The molecule has 7 nitrogen and oxygen atoms in total. The number of phenols is 1. The van der Waals surface area contributed by atoms with Gasteiger partial charge in [-0.25, -0.2) is 9.98 Å². The highest BCUT2D eigenvalue weighted by Crippen LogP contribution is 2.39. The van der Waals surface area contributed by atoms with E-state index in [4.69, 9.17) is 16.2 Å². The van der Waals surface area contributed by atoms with Crippen LogP contribution in [-0.2, 0) is 0 Å². The molecule has 26 heavy (non-hydrogen) atoms. The van der Waals surface area contributed by atoms with E-state index in [1.54, 1.807) is 13.0 Å². The third-order valence-electron chi connectivity index (χ3n) is 5.10. The van der Waals surface area contributed by atoms with Crippen molar-refractivity contribution in [3.63, 3.8) is 0 Å². The molecule has 1 saturated carbocycles. The Balaban J connectivity index is 1.70. The highest BCUT2D eigenvalue weighted by atomic mass is 16.5. The first-order valence-electron chi connectivity index (χ1n) is 9.01. The number of aromatic hydroxyl groups is 1. The topological polar surface area (TPSA) is 120 Å². The molecule has 2 aliphatic rings. The van der Waals surface area contributed by atoms with E-state index in [2.05, 4.69) is 15.0 Å². The first kappa shape index (κ1) is 16.8. The third kappa shape index (κ3) is 2.99. The van der Waals surface area contributed by atoms with Gasteiger partial charge >= 0.3 is 0 Å². The van der Waals surface area contributed by atoms with Crippen molar-refractivity contribution >= 4 is 17.2 Å². The largest absolute Gasteiger partial charge is 0.508 e. The number of benzene rings is 1. The van der Waals surface area contributed by atoms with Crippen molar-refractivity contribution in [3.05, 3.63) is 35.2 Å². The molecular weight excluding hydrogens is 330 g/mol. The second-order valence-corrected chi connectivity index (χ2v) is 6.95. The summed E-state index contributed by atoms with van der Waals surface area (Å²) in [5, 5.41) is 10.6. The number of nitrogens with two attached hydrogens (primary N) is 2. The lowest BCUT2D eigenvalue weighted by Gasteiger charge is -2.25. The normalized spacial score (nSPS) is 20.2. The molecule has 0 amide bonds. The number of fused-ring (bicyclic) bond motifs is 1. The summed E-state index contributed by atoms with van der Waals surface area (Å²) >= 11 is 0. The average Bonchev–Trinajstić information content (AvgIpc) is 2.61. The fourth-order valence-electron chi connectivity index (χ4n) is 3.80. The summed E-state index contributed by atoms with van der Waals surface area (Å²) < 4.78 is 5.68. The lowest BCUT2D eigenvalue weighted by atomic mass is 9.83. The van der Waals surface area contributed by atoms with Gasteiger partial charge in [-0.1, -0.05) is 31.4 Å². The molecule has 1 fully saturated rings. The summed E-state index contributed by atoms with van der Waals surface area (Å²) in [4.78, 5) is 12.8. The van der Waals surface area contributed by atoms with Gasteiger partial charge < -0.3 is 15.6 Å². The van der Waals surface area contributed by atoms with E-state index in [0.717, 1.165) is 18.4 Å². The van der Waals surface area contributed by atoms with Crippen molar-refractivity contribution < 1.29 is 9.84 Å². The van der Waals surface area contributed by atoms with Crippen LogP contribution in [0.4, 0.5) is 11.5 Å². The standard InChI is InChI=1S/C19H23N5O2/c1-10-22-17(20)16-19(23-10)26-18(21)15(24-16)12-7-8-13(14(25)9-12)11-5-3-2-4-6-11/h7-9,11,18,25H,2-6,21H2,1H3,(H2,20,22,23). The van der Waals surface area contributed by atoms with Crippen LogP contribution < -0.4 is 16.2 Å². The summed E-state index contributed by atoms with van der Waals surface area (Å²) in [5.74, 6) is 1.74.